The van der Waals surface area contributed by atoms with Crippen LogP contribution in [0.1, 0.15) is 23.6 Å². The van der Waals surface area contributed by atoms with Crippen molar-refractivity contribution < 1.29 is 28.7 Å². The Hall–Kier alpha value is -3.87. The van der Waals surface area contributed by atoms with Crippen molar-refractivity contribution in [3.05, 3.63) is 85.0 Å². The molecule has 1 amide bonds. The minimum atomic E-state index is -0.443. The van der Waals surface area contributed by atoms with Crippen LogP contribution in [0.25, 0.3) is 0 Å². The van der Waals surface area contributed by atoms with E-state index in [1.54, 1.807) is 30.3 Å². The highest BCUT2D eigenvalue weighted by atomic mass is 127. The SMILES string of the molecule is CCOc1cc(/C=N/NC(=O)Cc2ccc3c(c2)OCCO3)cc(I)c1OCc1ccc([N+](=O)[O-])cc1. The molecule has 1 aliphatic rings. The number of non-ortho nitro benzene ring substituents is 1. The number of halogens is 1. The van der Waals surface area contributed by atoms with Crippen LogP contribution in [0.2, 0.25) is 0 Å². The van der Waals surface area contributed by atoms with E-state index in [-0.39, 0.29) is 24.6 Å². The van der Waals surface area contributed by atoms with Crippen molar-refractivity contribution in [3.63, 3.8) is 0 Å². The van der Waals surface area contributed by atoms with Gasteiger partial charge in [-0.15, -0.1) is 0 Å². The maximum absolute atomic E-state index is 12.4. The predicted octanol–water partition coefficient (Wildman–Crippen LogP) is 4.64. The second-order valence-corrected chi connectivity index (χ2v) is 9.09. The van der Waals surface area contributed by atoms with Gasteiger partial charge in [-0.25, -0.2) is 5.43 Å². The van der Waals surface area contributed by atoms with Crippen molar-refractivity contribution in [3.8, 4) is 23.0 Å². The predicted molar refractivity (Wildman–Crippen MR) is 145 cm³/mol. The highest BCUT2D eigenvalue weighted by Gasteiger charge is 2.14. The molecule has 0 bridgehead atoms. The van der Waals surface area contributed by atoms with Crippen LogP contribution in [0.15, 0.2) is 59.7 Å². The number of hydrazone groups is 1. The topological polar surface area (TPSA) is 122 Å². The maximum Gasteiger partial charge on any atom is 0.269 e. The average molecular weight is 617 g/mol. The molecule has 0 radical (unpaired) electrons. The van der Waals surface area contributed by atoms with Gasteiger partial charge in [0.1, 0.15) is 19.8 Å². The molecule has 192 valence electrons. The van der Waals surface area contributed by atoms with Crippen LogP contribution in [0.3, 0.4) is 0 Å². The van der Waals surface area contributed by atoms with Gasteiger partial charge >= 0.3 is 0 Å². The van der Waals surface area contributed by atoms with Gasteiger partial charge in [0.15, 0.2) is 23.0 Å². The highest BCUT2D eigenvalue weighted by Crippen LogP contribution is 2.35. The van der Waals surface area contributed by atoms with Gasteiger partial charge in [-0.3, -0.25) is 14.9 Å². The van der Waals surface area contributed by atoms with E-state index in [4.69, 9.17) is 18.9 Å². The summed E-state index contributed by atoms with van der Waals surface area (Å²) < 4.78 is 23.6. The van der Waals surface area contributed by atoms with Gasteiger partial charge in [0, 0.05) is 12.1 Å². The molecule has 11 heteroatoms. The molecule has 0 unspecified atom stereocenters. The third-order valence-electron chi connectivity index (χ3n) is 5.24. The zero-order valence-corrected chi connectivity index (χ0v) is 22.1. The van der Waals surface area contributed by atoms with Gasteiger partial charge in [0.05, 0.1) is 27.7 Å². The van der Waals surface area contributed by atoms with E-state index in [0.717, 1.165) is 20.3 Å². The molecule has 3 aromatic rings. The Morgan fingerprint density at radius 3 is 2.54 bits per heavy atom. The third kappa shape index (κ3) is 7.09. The lowest BCUT2D eigenvalue weighted by Crippen LogP contribution is -2.20. The first kappa shape index (κ1) is 26.2. The molecule has 1 N–H and O–H groups in total. The summed E-state index contributed by atoms with van der Waals surface area (Å²) >= 11 is 2.14. The molecular formula is C26H24IN3O7. The van der Waals surface area contributed by atoms with Gasteiger partial charge in [-0.05, 0) is 82.6 Å². The van der Waals surface area contributed by atoms with Crippen LogP contribution in [-0.2, 0) is 17.8 Å². The summed E-state index contributed by atoms with van der Waals surface area (Å²) in [6.45, 7) is 3.51. The van der Waals surface area contributed by atoms with Gasteiger partial charge < -0.3 is 18.9 Å². The molecule has 0 aromatic heterocycles. The van der Waals surface area contributed by atoms with Crippen LogP contribution in [0.4, 0.5) is 5.69 Å². The number of rotatable bonds is 10. The lowest BCUT2D eigenvalue weighted by Gasteiger charge is -2.18. The van der Waals surface area contributed by atoms with E-state index >= 15 is 0 Å². The smallest absolute Gasteiger partial charge is 0.269 e. The van der Waals surface area contributed by atoms with Gasteiger partial charge in [0.2, 0.25) is 5.91 Å². The number of hydrogen-bond donors (Lipinski definition) is 1. The molecule has 10 nitrogen and oxygen atoms in total. The monoisotopic (exact) mass is 617 g/mol. The summed E-state index contributed by atoms with van der Waals surface area (Å²) in [5.41, 5.74) is 4.86. The van der Waals surface area contributed by atoms with Crippen LogP contribution in [0, 0.1) is 13.7 Å². The van der Waals surface area contributed by atoms with Crippen LogP contribution < -0.4 is 24.4 Å². The number of ether oxygens (including phenoxy) is 4. The van der Waals surface area contributed by atoms with Gasteiger partial charge in [-0.1, -0.05) is 6.07 Å². The second-order valence-electron chi connectivity index (χ2n) is 7.92. The summed E-state index contributed by atoms with van der Waals surface area (Å²) in [5.74, 6) is 2.12. The second kappa shape index (κ2) is 12.4. The van der Waals surface area contributed by atoms with Crippen molar-refractivity contribution in [1.82, 2.24) is 5.43 Å². The number of benzene rings is 3. The first-order valence-corrected chi connectivity index (χ1v) is 12.5. The number of nitro groups is 1. The first-order valence-electron chi connectivity index (χ1n) is 11.5. The van der Waals surface area contributed by atoms with Crippen molar-refractivity contribution in [2.45, 2.75) is 20.0 Å². The Morgan fingerprint density at radius 2 is 1.81 bits per heavy atom. The minimum absolute atomic E-state index is 0.0235. The largest absolute Gasteiger partial charge is 0.490 e. The molecule has 0 saturated carbocycles. The Labute approximate surface area is 226 Å². The van der Waals surface area contributed by atoms with E-state index in [0.29, 0.717) is 42.8 Å². The summed E-state index contributed by atoms with van der Waals surface area (Å²) in [5, 5.41) is 14.9. The van der Waals surface area contributed by atoms with E-state index in [1.807, 2.05) is 19.1 Å². The van der Waals surface area contributed by atoms with Crippen molar-refractivity contribution >= 4 is 40.4 Å². The lowest BCUT2D eigenvalue weighted by atomic mass is 10.1. The van der Waals surface area contributed by atoms with E-state index in [2.05, 4.69) is 33.1 Å². The van der Waals surface area contributed by atoms with Crippen LogP contribution >= 0.6 is 22.6 Å². The lowest BCUT2D eigenvalue weighted by molar-refractivity contribution is -0.384. The molecule has 1 aliphatic heterocycles. The zero-order chi connectivity index (χ0) is 26.2. The van der Waals surface area contributed by atoms with E-state index in [1.165, 1.54) is 18.3 Å². The number of amides is 1. The van der Waals surface area contributed by atoms with Gasteiger partial charge in [0.25, 0.3) is 5.69 Å². The fourth-order valence-corrected chi connectivity index (χ4v) is 4.32. The van der Waals surface area contributed by atoms with Crippen molar-refractivity contribution in [2.24, 2.45) is 5.10 Å². The number of nitrogens with one attached hydrogen (secondary N) is 1. The van der Waals surface area contributed by atoms with Crippen LogP contribution in [0.5, 0.6) is 23.0 Å². The van der Waals surface area contributed by atoms with E-state index < -0.39 is 4.92 Å². The number of fused-ring (bicyclic) bond motifs is 1. The molecule has 0 atom stereocenters. The molecule has 0 fully saturated rings. The number of hydrogen-bond acceptors (Lipinski definition) is 8. The Balaban J connectivity index is 1.38. The van der Waals surface area contributed by atoms with Crippen molar-refractivity contribution in [2.75, 3.05) is 19.8 Å². The van der Waals surface area contributed by atoms with E-state index in [9.17, 15) is 14.9 Å². The molecule has 4 rings (SSSR count). The summed E-state index contributed by atoms with van der Waals surface area (Å²) in [6.07, 6.45) is 1.68. The Kier molecular flexibility index (Phi) is 8.77. The van der Waals surface area contributed by atoms with Gasteiger partial charge in [-0.2, -0.15) is 5.10 Å². The number of carbonyl (C=O) groups excluding carboxylic acids is 1. The number of nitrogens with zero attached hydrogens (tertiary/aromatic N) is 2. The summed E-state index contributed by atoms with van der Waals surface area (Å²) in [6, 6.07) is 15.2. The Bertz CT molecular complexity index is 1310. The van der Waals surface area contributed by atoms with Crippen LogP contribution in [-0.4, -0.2) is 36.9 Å². The molecule has 0 spiro atoms. The minimum Gasteiger partial charge on any atom is -0.490 e. The number of carbonyl (C=O) groups is 1. The Morgan fingerprint density at radius 1 is 1.08 bits per heavy atom. The fraction of sp³-hybridized carbons (Fsp3) is 0.231. The fourth-order valence-electron chi connectivity index (χ4n) is 3.54. The number of nitro benzene ring substituents is 1. The zero-order valence-electron chi connectivity index (χ0n) is 19.9. The quantitative estimate of drug-likeness (QED) is 0.152. The molecule has 0 saturated heterocycles. The molecule has 3 aromatic carbocycles. The molecule has 1 heterocycles. The molecule has 0 aliphatic carbocycles. The molecular weight excluding hydrogens is 593 g/mol. The first-order chi connectivity index (χ1) is 17.9. The summed E-state index contributed by atoms with van der Waals surface area (Å²) in [4.78, 5) is 22.8. The van der Waals surface area contributed by atoms with Crippen molar-refractivity contribution in [1.29, 1.82) is 0 Å². The highest BCUT2D eigenvalue weighted by molar-refractivity contribution is 14.1. The average Bonchev–Trinajstić information content (AvgIpc) is 2.88. The summed E-state index contributed by atoms with van der Waals surface area (Å²) in [7, 11) is 0. The maximum atomic E-state index is 12.4. The normalized spacial score (nSPS) is 12.3. The molecule has 37 heavy (non-hydrogen) atoms. The standard InChI is InChI=1S/C26H24IN3O7/c1-2-34-24-13-19(11-21(27)26(24)37-16-17-3-6-20(7-4-17)30(32)33)15-28-29-25(31)14-18-5-8-22-23(12-18)36-10-9-35-22/h3-8,11-13,15H,2,9-10,14,16H2,1H3,(H,29,31)/b28-15+. The third-order valence-corrected chi connectivity index (χ3v) is 6.04.